The number of rotatable bonds is 12. The van der Waals surface area contributed by atoms with Crippen molar-refractivity contribution in [2.75, 3.05) is 59.0 Å². The standard InChI is InChI=1S/C18H25NO7S.C2H7N/c1-18(17(21)22)12-27-16(19-18)14-4-3-13(11-15(14)20)26-10-9-25-8-7-24-6-5-23-2;1-2-3/h3-4,11,20H,5-10,12H2,1-2H3,(H,21,22);2-3H2,1H3/t18-;/m1./s1. The van der Waals surface area contributed by atoms with Gasteiger partial charge in [-0.15, -0.1) is 11.8 Å². The van der Waals surface area contributed by atoms with Gasteiger partial charge in [0.15, 0.2) is 0 Å². The molecule has 0 fully saturated rings. The van der Waals surface area contributed by atoms with Gasteiger partial charge in [0.05, 0.1) is 45.5 Å². The Kier molecular flexibility index (Phi) is 12.4. The fourth-order valence-corrected chi connectivity index (χ4v) is 3.40. The van der Waals surface area contributed by atoms with Gasteiger partial charge in [-0.25, -0.2) is 0 Å². The fourth-order valence-electron chi connectivity index (χ4n) is 2.20. The third-order valence-corrected chi connectivity index (χ3v) is 5.07. The molecule has 0 bridgehead atoms. The number of quaternary nitrogens is 1. The molecular formula is C20H32N2O7S. The van der Waals surface area contributed by atoms with Gasteiger partial charge in [0.1, 0.15) is 28.7 Å². The van der Waals surface area contributed by atoms with Crippen LogP contribution in [-0.4, -0.2) is 80.7 Å². The number of phenols is 1. The first kappa shape index (κ1) is 26.2. The number of hydrogen-bond acceptors (Lipinski definition) is 9. The Hall–Kier alpha value is -1.85. The summed E-state index contributed by atoms with van der Waals surface area (Å²) in [6.07, 6.45) is 0. The summed E-state index contributed by atoms with van der Waals surface area (Å²) in [7, 11) is 1.62. The lowest BCUT2D eigenvalue weighted by Gasteiger charge is -2.19. The molecule has 1 aromatic carbocycles. The quantitative estimate of drug-likeness (QED) is 0.419. The third-order valence-electron chi connectivity index (χ3n) is 3.78. The molecule has 0 aromatic heterocycles. The maximum atomic E-state index is 11.2. The summed E-state index contributed by atoms with van der Waals surface area (Å²) in [5, 5.41) is 21.8. The lowest BCUT2D eigenvalue weighted by molar-refractivity contribution is -0.361. The zero-order valence-corrected chi connectivity index (χ0v) is 18.7. The molecule has 0 saturated carbocycles. The minimum Gasteiger partial charge on any atom is -0.547 e. The number of aliphatic carboxylic acids is 1. The molecule has 4 N–H and O–H groups in total. The van der Waals surface area contributed by atoms with E-state index >= 15 is 0 Å². The molecule has 2 rings (SSSR count). The molecule has 1 heterocycles. The number of aliphatic imine (C=N–C) groups is 1. The zero-order valence-electron chi connectivity index (χ0n) is 17.8. The molecule has 0 saturated heterocycles. The van der Waals surface area contributed by atoms with E-state index in [-0.39, 0.29) is 11.5 Å². The van der Waals surface area contributed by atoms with Crippen molar-refractivity contribution in [3.63, 3.8) is 0 Å². The van der Waals surface area contributed by atoms with Crippen LogP contribution in [0.4, 0.5) is 0 Å². The lowest BCUT2D eigenvalue weighted by atomic mass is 10.1. The van der Waals surface area contributed by atoms with Crippen LogP contribution in [0.25, 0.3) is 0 Å². The normalized spacial score (nSPS) is 17.8. The maximum Gasteiger partial charge on any atom is 0.129 e. The average molecular weight is 445 g/mol. The van der Waals surface area contributed by atoms with E-state index in [0.29, 0.717) is 56.0 Å². The van der Waals surface area contributed by atoms with Crippen LogP contribution in [0.15, 0.2) is 23.2 Å². The summed E-state index contributed by atoms with van der Waals surface area (Å²) in [6, 6.07) is 4.82. The molecule has 0 radical (unpaired) electrons. The molecule has 0 amide bonds. The maximum absolute atomic E-state index is 11.2. The van der Waals surface area contributed by atoms with E-state index in [9.17, 15) is 15.0 Å². The monoisotopic (exact) mass is 444 g/mol. The van der Waals surface area contributed by atoms with Gasteiger partial charge in [-0.05, 0) is 26.0 Å². The van der Waals surface area contributed by atoms with Crippen LogP contribution in [0, 0.1) is 0 Å². The van der Waals surface area contributed by atoms with Crippen molar-refractivity contribution >= 4 is 22.8 Å². The highest BCUT2D eigenvalue weighted by Gasteiger charge is 2.33. The Labute approximate surface area is 181 Å². The van der Waals surface area contributed by atoms with E-state index in [1.165, 1.54) is 24.8 Å². The predicted octanol–water partition coefficient (Wildman–Crippen LogP) is -0.299. The minimum atomic E-state index is -1.27. The SMILES string of the molecule is CC[NH3+].COCCOCCOCCOc1ccc(C2=N[C@@](C)(C(=O)[O-])CS2)c(O)c1. The first-order valence-electron chi connectivity index (χ1n) is 9.71. The largest absolute Gasteiger partial charge is 0.547 e. The number of aromatic hydroxyl groups is 1. The van der Waals surface area contributed by atoms with Crippen LogP contribution < -0.4 is 15.6 Å². The number of methoxy groups -OCH3 is 1. The smallest absolute Gasteiger partial charge is 0.129 e. The van der Waals surface area contributed by atoms with Gasteiger partial charge in [-0.1, -0.05) is 0 Å². The van der Waals surface area contributed by atoms with Crippen molar-refractivity contribution in [3.05, 3.63) is 23.8 Å². The number of carboxylic acid groups (broad SMARTS) is 1. The number of thioether (sulfide) groups is 1. The molecule has 0 aliphatic carbocycles. The predicted molar refractivity (Wildman–Crippen MR) is 113 cm³/mol. The van der Waals surface area contributed by atoms with E-state index < -0.39 is 11.5 Å². The summed E-state index contributed by atoms with van der Waals surface area (Å²) in [6.45, 7) is 7.28. The number of phenolic OH excluding ortho intramolecular Hbond substituents is 1. The second kappa shape index (κ2) is 14.2. The highest BCUT2D eigenvalue weighted by Crippen LogP contribution is 2.35. The Balaban J connectivity index is 0.00000141. The van der Waals surface area contributed by atoms with Crippen molar-refractivity contribution in [3.8, 4) is 11.5 Å². The van der Waals surface area contributed by atoms with E-state index in [4.69, 9.17) is 18.9 Å². The number of ether oxygens (including phenoxy) is 4. The summed E-state index contributed by atoms with van der Waals surface area (Å²) in [4.78, 5) is 15.3. The van der Waals surface area contributed by atoms with Crippen molar-refractivity contribution in [2.45, 2.75) is 19.4 Å². The molecule has 0 spiro atoms. The Bertz CT molecular complexity index is 687. The number of nitrogens with zero attached hydrogens (tertiary/aromatic N) is 1. The van der Waals surface area contributed by atoms with Crippen molar-refractivity contribution in [1.29, 1.82) is 0 Å². The number of benzene rings is 1. The fraction of sp³-hybridized carbons (Fsp3) is 0.600. The first-order valence-corrected chi connectivity index (χ1v) is 10.7. The van der Waals surface area contributed by atoms with E-state index in [1.54, 1.807) is 19.2 Å². The van der Waals surface area contributed by atoms with E-state index in [1.807, 2.05) is 6.92 Å². The van der Waals surface area contributed by atoms with Crippen molar-refractivity contribution in [2.24, 2.45) is 4.99 Å². The Morgan fingerprint density at radius 1 is 1.23 bits per heavy atom. The number of carbonyl (C=O) groups excluding carboxylic acids is 1. The highest BCUT2D eigenvalue weighted by molar-refractivity contribution is 8.14. The van der Waals surface area contributed by atoms with Gasteiger partial charge in [-0.2, -0.15) is 0 Å². The first-order chi connectivity index (χ1) is 14.4. The van der Waals surface area contributed by atoms with Crippen molar-refractivity contribution in [1.82, 2.24) is 0 Å². The van der Waals surface area contributed by atoms with Gasteiger partial charge >= 0.3 is 0 Å². The Morgan fingerprint density at radius 2 is 1.83 bits per heavy atom. The molecule has 1 aliphatic rings. The van der Waals surface area contributed by atoms with Crippen LogP contribution in [0.3, 0.4) is 0 Å². The van der Waals surface area contributed by atoms with Crippen LogP contribution in [0.2, 0.25) is 0 Å². The molecule has 9 nitrogen and oxygen atoms in total. The topological polar surface area (TPSA) is 137 Å². The van der Waals surface area contributed by atoms with Gasteiger partial charge in [-0.3, -0.25) is 4.99 Å². The molecule has 1 aliphatic heterocycles. The zero-order chi connectivity index (χ0) is 22.4. The second-order valence-electron chi connectivity index (χ2n) is 6.51. The minimum absolute atomic E-state index is 0.0196. The number of hydrogen-bond donors (Lipinski definition) is 2. The molecule has 10 heteroatoms. The highest BCUT2D eigenvalue weighted by atomic mass is 32.2. The van der Waals surface area contributed by atoms with Gasteiger partial charge < -0.3 is 39.7 Å². The summed E-state index contributed by atoms with van der Waals surface area (Å²) < 4.78 is 21.0. The molecule has 0 unspecified atom stereocenters. The number of carboxylic acids is 1. The molecule has 30 heavy (non-hydrogen) atoms. The van der Waals surface area contributed by atoms with Gasteiger partial charge in [0.2, 0.25) is 0 Å². The molecular weight excluding hydrogens is 412 g/mol. The second-order valence-corrected chi connectivity index (χ2v) is 7.48. The summed E-state index contributed by atoms with van der Waals surface area (Å²) in [5.74, 6) is -0.487. The average Bonchev–Trinajstić information content (AvgIpc) is 3.11. The number of carbonyl (C=O) groups is 1. The van der Waals surface area contributed by atoms with Crippen molar-refractivity contribution < 1.29 is 39.7 Å². The summed E-state index contributed by atoms with van der Waals surface area (Å²) >= 11 is 1.27. The lowest BCUT2D eigenvalue weighted by Crippen LogP contribution is -2.48. The van der Waals surface area contributed by atoms with Crippen LogP contribution in [-0.2, 0) is 19.0 Å². The molecule has 170 valence electrons. The van der Waals surface area contributed by atoms with Crippen LogP contribution in [0.1, 0.15) is 19.4 Å². The van der Waals surface area contributed by atoms with Gasteiger partial charge in [0, 0.05) is 24.5 Å². The van der Waals surface area contributed by atoms with Crippen LogP contribution in [0.5, 0.6) is 11.5 Å². The third kappa shape index (κ3) is 8.88. The van der Waals surface area contributed by atoms with E-state index in [0.717, 1.165) is 6.54 Å². The molecule has 1 atom stereocenters. The Morgan fingerprint density at radius 3 is 2.37 bits per heavy atom. The van der Waals surface area contributed by atoms with Crippen LogP contribution >= 0.6 is 11.8 Å². The van der Waals surface area contributed by atoms with Gasteiger partial charge in [0.25, 0.3) is 0 Å². The van der Waals surface area contributed by atoms with E-state index in [2.05, 4.69) is 10.7 Å². The summed E-state index contributed by atoms with van der Waals surface area (Å²) in [5.41, 5.74) is 2.69. The molecule has 1 aromatic rings.